The molecule has 8 heteroatoms. The van der Waals surface area contributed by atoms with E-state index < -0.39 is 4.92 Å². The molecule has 0 aliphatic heterocycles. The second-order valence-corrected chi connectivity index (χ2v) is 6.21. The number of benzene rings is 2. The van der Waals surface area contributed by atoms with Crippen molar-refractivity contribution in [2.24, 2.45) is 0 Å². The molecule has 1 heterocycles. The SMILES string of the molecule is C[C@@H](c1ccc(-n2cncn2)cc1)N(C)C(=O)/C=C/c1ccccc1[N+](=O)[O-]. The Balaban J connectivity index is 1.71. The molecule has 2 aromatic carbocycles. The van der Waals surface area contributed by atoms with E-state index in [1.165, 1.54) is 24.5 Å². The first-order valence-corrected chi connectivity index (χ1v) is 8.60. The number of para-hydroxylation sites is 1. The summed E-state index contributed by atoms with van der Waals surface area (Å²) in [6.07, 6.45) is 5.90. The van der Waals surface area contributed by atoms with Gasteiger partial charge in [-0.05, 0) is 36.8 Å². The topological polar surface area (TPSA) is 94.2 Å². The zero-order chi connectivity index (χ0) is 20.1. The van der Waals surface area contributed by atoms with Crippen LogP contribution in [0.2, 0.25) is 0 Å². The number of hydrogen-bond acceptors (Lipinski definition) is 5. The summed E-state index contributed by atoms with van der Waals surface area (Å²) in [5.74, 6) is -0.244. The van der Waals surface area contributed by atoms with Crippen molar-refractivity contribution in [2.75, 3.05) is 7.05 Å². The number of hydrogen-bond donors (Lipinski definition) is 0. The van der Waals surface area contributed by atoms with E-state index in [2.05, 4.69) is 10.1 Å². The lowest BCUT2D eigenvalue weighted by Crippen LogP contribution is -2.28. The quantitative estimate of drug-likeness (QED) is 0.373. The molecule has 0 spiro atoms. The van der Waals surface area contributed by atoms with E-state index in [1.54, 1.807) is 41.2 Å². The Bertz CT molecular complexity index is 997. The highest BCUT2D eigenvalue weighted by atomic mass is 16.6. The largest absolute Gasteiger partial charge is 0.335 e. The fourth-order valence-electron chi connectivity index (χ4n) is 2.73. The van der Waals surface area contributed by atoms with Crippen molar-refractivity contribution in [3.63, 3.8) is 0 Å². The van der Waals surface area contributed by atoms with Gasteiger partial charge in [-0.15, -0.1) is 0 Å². The lowest BCUT2D eigenvalue weighted by molar-refractivity contribution is -0.385. The molecule has 1 atom stereocenters. The van der Waals surface area contributed by atoms with Crippen LogP contribution in [0.15, 0.2) is 67.3 Å². The Morgan fingerprint density at radius 2 is 1.93 bits per heavy atom. The van der Waals surface area contributed by atoms with Gasteiger partial charge in [0.05, 0.1) is 22.2 Å². The molecule has 0 saturated heterocycles. The van der Waals surface area contributed by atoms with Crippen molar-refractivity contribution in [1.29, 1.82) is 0 Å². The molecule has 8 nitrogen and oxygen atoms in total. The number of rotatable bonds is 6. The Kier molecular flexibility index (Phi) is 5.59. The minimum absolute atomic E-state index is 0.0362. The summed E-state index contributed by atoms with van der Waals surface area (Å²) < 4.78 is 1.65. The number of carbonyl (C=O) groups excluding carboxylic acids is 1. The lowest BCUT2D eigenvalue weighted by atomic mass is 10.1. The first-order valence-electron chi connectivity index (χ1n) is 8.60. The van der Waals surface area contributed by atoms with Gasteiger partial charge < -0.3 is 4.90 Å². The molecule has 3 aromatic rings. The molecule has 0 aliphatic carbocycles. The Morgan fingerprint density at radius 1 is 1.21 bits per heavy atom. The summed E-state index contributed by atoms with van der Waals surface area (Å²) >= 11 is 0. The van der Waals surface area contributed by atoms with Crippen LogP contribution in [0, 0.1) is 10.1 Å². The van der Waals surface area contributed by atoms with E-state index in [0.717, 1.165) is 11.3 Å². The summed E-state index contributed by atoms with van der Waals surface area (Å²) in [6.45, 7) is 1.92. The van der Waals surface area contributed by atoms with Crippen molar-refractivity contribution in [2.45, 2.75) is 13.0 Å². The summed E-state index contributed by atoms with van der Waals surface area (Å²) in [4.78, 5) is 28.6. The zero-order valence-electron chi connectivity index (χ0n) is 15.5. The second-order valence-electron chi connectivity index (χ2n) is 6.21. The van der Waals surface area contributed by atoms with Crippen LogP contribution in [0.4, 0.5) is 5.69 Å². The summed E-state index contributed by atoms with van der Waals surface area (Å²) in [5.41, 5.74) is 2.18. The summed E-state index contributed by atoms with van der Waals surface area (Å²) in [7, 11) is 1.70. The molecule has 0 radical (unpaired) electrons. The van der Waals surface area contributed by atoms with Crippen LogP contribution in [0.5, 0.6) is 0 Å². The van der Waals surface area contributed by atoms with Gasteiger partial charge in [0.25, 0.3) is 5.69 Å². The van der Waals surface area contributed by atoms with Gasteiger partial charge in [0, 0.05) is 19.2 Å². The van der Waals surface area contributed by atoms with Gasteiger partial charge in [-0.2, -0.15) is 5.10 Å². The highest BCUT2D eigenvalue weighted by Crippen LogP contribution is 2.22. The monoisotopic (exact) mass is 377 g/mol. The van der Waals surface area contributed by atoms with Crippen LogP contribution in [-0.2, 0) is 4.79 Å². The Labute approximate surface area is 161 Å². The van der Waals surface area contributed by atoms with Crippen LogP contribution in [0.1, 0.15) is 24.1 Å². The van der Waals surface area contributed by atoms with Gasteiger partial charge in [0.2, 0.25) is 5.91 Å². The van der Waals surface area contributed by atoms with Crippen molar-refractivity contribution in [3.8, 4) is 5.69 Å². The Morgan fingerprint density at radius 3 is 2.57 bits per heavy atom. The van der Waals surface area contributed by atoms with Crippen molar-refractivity contribution in [3.05, 3.63) is 88.5 Å². The molecule has 0 unspecified atom stereocenters. The number of amides is 1. The molecule has 0 fully saturated rings. The van der Waals surface area contributed by atoms with Gasteiger partial charge in [0.1, 0.15) is 12.7 Å². The second kappa shape index (κ2) is 8.26. The Hall–Kier alpha value is -3.81. The minimum Gasteiger partial charge on any atom is -0.335 e. The minimum atomic E-state index is -0.465. The average Bonchev–Trinajstić information content (AvgIpc) is 3.26. The maximum absolute atomic E-state index is 12.5. The molecule has 0 aliphatic rings. The van der Waals surface area contributed by atoms with Crippen molar-refractivity contribution < 1.29 is 9.72 Å². The van der Waals surface area contributed by atoms with Gasteiger partial charge in [-0.1, -0.05) is 24.3 Å². The third kappa shape index (κ3) is 4.12. The molecule has 142 valence electrons. The molecule has 0 N–H and O–H groups in total. The maximum Gasteiger partial charge on any atom is 0.276 e. The van der Waals surface area contributed by atoms with Crippen LogP contribution in [-0.4, -0.2) is 37.5 Å². The van der Waals surface area contributed by atoms with Crippen LogP contribution in [0.25, 0.3) is 11.8 Å². The number of aromatic nitrogens is 3. The molecule has 1 amide bonds. The van der Waals surface area contributed by atoms with Crippen LogP contribution >= 0.6 is 0 Å². The molecule has 0 saturated carbocycles. The van der Waals surface area contributed by atoms with Crippen molar-refractivity contribution in [1.82, 2.24) is 19.7 Å². The molecule has 0 bridgehead atoms. The predicted octanol–water partition coefficient (Wildman–Crippen LogP) is 3.41. The maximum atomic E-state index is 12.5. The standard InChI is InChI=1S/C20H19N5O3/c1-15(16-7-10-18(11-8-16)24-14-21-13-22-24)23(2)20(26)12-9-17-5-3-4-6-19(17)25(27)28/h3-15H,1-2H3/b12-9+/t15-/m0/s1. The lowest BCUT2D eigenvalue weighted by Gasteiger charge is -2.24. The molecule has 1 aromatic heterocycles. The molecular formula is C20H19N5O3. The van der Waals surface area contributed by atoms with E-state index >= 15 is 0 Å². The fraction of sp³-hybridized carbons (Fsp3) is 0.150. The van der Waals surface area contributed by atoms with E-state index in [0.29, 0.717) is 5.56 Å². The van der Waals surface area contributed by atoms with Crippen LogP contribution in [0.3, 0.4) is 0 Å². The normalized spacial score (nSPS) is 12.1. The fourth-order valence-corrected chi connectivity index (χ4v) is 2.73. The zero-order valence-corrected chi connectivity index (χ0v) is 15.5. The summed E-state index contributed by atoms with van der Waals surface area (Å²) in [6, 6.07) is 13.8. The van der Waals surface area contributed by atoms with E-state index in [1.807, 2.05) is 31.2 Å². The highest BCUT2D eigenvalue weighted by Gasteiger charge is 2.16. The number of carbonyl (C=O) groups is 1. The number of nitrogens with zero attached hydrogens (tertiary/aromatic N) is 5. The van der Waals surface area contributed by atoms with E-state index in [9.17, 15) is 14.9 Å². The average molecular weight is 377 g/mol. The van der Waals surface area contributed by atoms with Crippen LogP contribution < -0.4 is 0 Å². The molecule has 28 heavy (non-hydrogen) atoms. The van der Waals surface area contributed by atoms with Crippen molar-refractivity contribution >= 4 is 17.7 Å². The molecular weight excluding hydrogens is 358 g/mol. The van der Waals surface area contributed by atoms with E-state index in [4.69, 9.17) is 0 Å². The van der Waals surface area contributed by atoms with E-state index in [-0.39, 0.29) is 17.6 Å². The van der Waals surface area contributed by atoms with Gasteiger partial charge >= 0.3 is 0 Å². The molecule has 3 rings (SSSR count). The smallest absolute Gasteiger partial charge is 0.276 e. The number of likely N-dealkylation sites (N-methyl/N-ethyl adjacent to an activating group) is 1. The number of nitro benzene ring substituents is 1. The predicted molar refractivity (Wildman–Crippen MR) is 105 cm³/mol. The third-order valence-electron chi connectivity index (χ3n) is 4.53. The highest BCUT2D eigenvalue weighted by molar-refractivity contribution is 5.92. The van der Waals surface area contributed by atoms with Gasteiger partial charge in [-0.25, -0.2) is 9.67 Å². The first kappa shape index (κ1) is 19.0. The van der Waals surface area contributed by atoms with Gasteiger partial charge in [-0.3, -0.25) is 14.9 Å². The number of nitro groups is 1. The van der Waals surface area contributed by atoms with Gasteiger partial charge in [0.15, 0.2) is 0 Å². The third-order valence-corrected chi connectivity index (χ3v) is 4.53. The first-order chi connectivity index (χ1) is 13.5. The summed E-state index contributed by atoms with van der Waals surface area (Å²) in [5, 5.41) is 15.2.